The molecule has 170 valence electrons. The minimum absolute atomic E-state index is 0.539. The first-order chi connectivity index (χ1) is 16.2. The molecule has 6 heteroatoms. The van der Waals surface area contributed by atoms with Crippen molar-refractivity contribution in [3.05, 3.63) is 90.3 Å². The highest BCUT2D eigenvalue weighted by atomic mass is 32.2. The minimum atomic E-state index is 0.539. The molecule has 5 nitrogen and oxygen atoms in total. The van der Waals surface area contributed by atoms with Crippen molar-refractivity contribution < 1.29 is 9.15 Å². The zero-order chi connectivity index (χ0) is 22.9. The van der Waals surface area contributed by atoms with Gasteiger partial charge in [-0.15, -0.1) is 22.0 Å². The van der Waals surface area contributed by atoms with E-state index in [4.69, 9.17) is 9.15 Å². The van der Waals surface area contributed by atoms with E-state index >= 15 is 0 Å². The number of hydrogen-bond acceptors (Lipinski definition) is 6. The van der Waals surface area contributed by atoms with Crippen LogP contribution in [0.25, 0.3) is 22.6 Å². The first kappa shape index (κ1) is 23.1. The molecule has 1 aromatic heterocycles. The van der Waals surface area contributed by atoms with E-state index in [0.717, 1.165) is 30.0 Å². The van der Waals surface area contributed by atoms with Crippen molar-refractivity contribution in [3.63, 3.8) is 0 Å². The Morgan fingerprint density at radius 1 is 0.788 bits per heavy atom. The van der Waals surface area contributed by atoms with Gasteiger partial charge in [-0.25, -0.2) is 0 Å². The van der Waals surface area contributed by atoms with Gasteiger partial charge in [-0.1, -0.05) is 54.6 Å². The van der Waals surface area contributed by atoms with Gasteiger partial charge in [-0.05, 0) is 61.5 Å². The van der Waals surface area contributed by atoms with Crippen molar-refractivity contribution in [2.24, 2.45) is 0 Å². The van der Waals surface area contributed by atoms with Crippen LogP contribution >= 0.6 is 11.8 Å². The molecule has 4 rings (SSSR count). The van der Waals surface area contributed by atoms with Crippen molar-refractivity contribution in [3.8, 4) is 28.3 Å². The second kappa shape index (κ2) is 11.7. The zero-order valence-electron chi connectivity index (χ0n) is 19.1. The topological polar surface area (TPSA) is 51.4 Å². The van der Waals surface area contributed by atoms with E-state index < -0.39 is 0 Å². The quantitative estimate of drug-likeness (QED) is 0.250. The number of hydrogen-bond donors (Lipinski definition) is 0. The molecule has 0 spiro atoms. The number of thioether (sulfide) groups is 1. The Labute approximate surface area is 199 Å². The Morgan fingerprint density at radius 2 is 1.48 bits per heavy atom. The number of benzene rings is 3. The van der Waals surface area contributed by atoms with Crippen LogP contribution in [0.4, 0.5) is 0 Å². The van der Waals surface area contributed by atoms with Gasteiger partial charge in [0, 0.05) is 17.9 Å². The first-order valence-electron chi connectivity index (χ1n) is 11.1. The standard InChI is InChI=1S/C27H29N3O2S/c1-30(2)17-6-18-31-25-15-13-24(14-16-25)27-29-28-26(32-27)20-33-19-21-9-11-23(12-10-21)22-7-4-3-5-8-22/h3-5,7-16H,6,17-20H2,1-2H3. The van der Waals surface area contributed by atoms with E-state index in [-0.39, 0.29) is 0 Å². The van der Waals surface area contributed by atoms with Crippen LogP contribution < -0.4 is 4.74 Å². The second-order valence-corrected chi connectivity index (χ2v) is 9.07. The van der Waals surface area contributed by atoms with Gasteiger partial charge in [0.2, 0.25) is 11.8 Å². The van der Waals surface area contributed by atoms with E-state index in [1.54, 1.807) is 11.8 Å². The summed E-state index contributed by atoms with van der Waals surface area (Å²) in [7, 11) is 4.13. The smallest absolute Gasteiger partial charge is 0.247 e. The highest BCUT2D eigenvalue weighted by Gasteiger charge is 2.09. The van der Waals surface area contributed by atoms with E-state index in [1.165, 1.54) is 16.7 Å². The molecule has 0 saturated heterocycles. The van der Waals surface area contributed by atoms with Gasteiger partial charge in [0.15, 0.2) is 0 Å². The lowest BCUT2D eigenvalue weighted by Gasteiger charge is -2.10. The second-order valence-electron chi connectivity index (χ2n) is 8.09. The molecule has 0 amide bonds. The molecule has 0 aliphatic carbocycles. The number of nitrogens with zero attached hydrogens (tertiary/aromatic N) is 3. The predicted molar refractivity (Wildman–Crippen MR) is 135 cm³/mol. The summed E-state index contributed by atoms with van der Waals surface area (Å²) in [6.45, 7) is 1.72. The third-order valence-electron chi connectivity index (χ3n) is 5.14. The maximum absolute atomic E-state index is 5.86. The molecule has 0 aliphatic rings. The fourth-order valence-corrected chi connectivity index (χ4v) is 4.19. The average Bonchev–Trinajstić information content (AvgIpc) is 3.32. The van der Waals surface area contributed by atoms with Crippen molar-refractivity contribution in [1.29, 1.82) is 0 Å². The van der Waals surface area contributed by atoms with Crippen molar-refractivity contribution in [1.82, 2.24) is 15.1 Å². The van der Waals surface area contributed by atoms with Crippen molar-refractivity contribution >= 4 is 11.8 Å². The Morgan fingerprint density at radius 3 is 2.21 bits per heavy atom. The zero-order valence-corrected chi connectivity index (χ0v) is 19.9. The summed E-state index contributed by atoms with van der Waals surface area (Å²) in [5.41, 5.74) is 4.64. The van der Waals surface area contributed by atoms with Crippen LogP contribution in [-0.2, 0) is 11.5 Å². The van der Waals surface area contributed by atoms with Crippen molar-refractivity contribution in [2.45, 2.75) is 17.9 Å². The fraction of sp³-hybridized carbons (Fsp3) is 0.259. The highest BCUT2D eigenvalue weighted by molar-refractivity contribution is 7.97. The minimum Gasteiger partial charge on any atom is -0.494 e. The Hall–Kier alpha value is -3.09. The molecule has 4 aromatic rings. The van der Waals surface area contributed by atoms with E-state index in [0.29, 0.717) is 24.1 Å². The molecule has 1 heterocycles. The van der Waals surface area contributed by atoms with E-state index in [9.17, 15) is 0 Å². The molecular formula is C27H29N3O2S. The van der Waals surface area contributed by atoms with Crippen LogP contribution in [0.15, 0.2) is 83.3 Å². The van der Waals surface area contributed by atoms with Crippen LogP contribution in [0.2, 0.25) is 0 Å². The molecular weight excluding hydrogens is 430 g/mol. The molecule has 3 aromatic carbocycles. The lowest BCUT2D eigenvalue weighted by molar-refractivity contribution is 0.281. The monoisotopic (exact) mass is 459 g/mol. The summed E-state index contributed by atoms with van der Waals surface area (Å²) in [5, 5.41) is 8.41. The van der Waals surface area contributed by atoms with E-state index in [1.807, 2.05) is 30.3 Å². The Kier molecular flexibility index (Phi) is 8.17. The third-order valence-corrected chi connectivity index (χ3v) is 6.13. The van der Waals surface area contributed by atoms with Gasteiger partial charge in [0.05, 0.1) is 12.4 Å². The van der Waals surface area contributed by atoms with Crippen LogP contribution in [-0.4, -0.2) is 42.3 Å². The summed E-state index contributed by atoms with van der Waals surface area (Å²) in [6, 6.07) is 26.9. The van der Waals surface area contributed by atoms with Gasteiger partial charge >= 0.3 is 0 Å². The van der Waals surface area contributed by atoms with Crippen LogP contribution in [0.1, 0.15) is 17.9 Å². The van der Waals surface area contributed by atoms with E-state index in [2.05, 4.69) is 77.7 Å². The average molecular weight is 460 g/mol. The van der Waals surface area contributed by atoms with Gasteiger partial charge in [0.1, 0.15) is 5.75 Å². The first-order valence-corrected chi connectivity index (χ1v) is 12.3. The fourth-order valence-electron chi connectivity index (χ4n) is 3.37. The number of aromatic nitrogens is 2. The summed E-state index contributed by atoms with van der Waals surface area (Å²) < 4.78 is 11.6. The molecule has 0 radical (unpaired) electrons. The van der Waals surface area contributed by atoms with Gasteiger partial charge in [-0.2, -0.15) is 0 Å². The van der Waals surface area contributed by atoms with Crippen molar-refractivity contribution in [2.75, 3.05) is 27.2 Å². The normalized spacial score (nSPS) is 11.1. The molecule has 0 saturated carbocycles. The maximum Gasteiger partial charge on any atom is 0.247 e. The van der Waals surface area contributed by atoms with Crippen LogP contribution in [0.5, 0.6) is 5.75 Å². The molecule has 0 unspecified atom stereocenters. The van der Waals surface area contributed by atoms with Gasteiger partial charge in [0.25, 0.3) is 0 Å². The maximum atomic E-state index is 5.86. The third kappa shape index (κ3) is 6.94. The van der Waals surface area contributed by atoms with Gasteiger partial charge in [-0.3, -0.25) is 0 Å². The largest absolute Gasteiger partial charge is 0.494 e. The summed E-state index contributed by atoms with van der Waals surface area (Å²) in [5.74, 6) is 3.61. The van der Waals surface area contributed by atoms with Crippen LogP contribution in [0.3, 0.4) is 0 Å². The predicted octanol–water partition coefficient (Wildman–Crippen LogP) is 6.17. The number of ether oxygens (including phenoxy) is 1. The summed E-state index contributed by atoms with van der Waals surface area (Å²) in [4.78, 5) is 2.15. The van der Waals surface area contributed by atoms with Crippen LogP contribution in [0, 0.1) is 0 Å². The molecule has 0 aliphatic heterocycles. The SMILES string of the molecule is CN(C)CCCOc1ccc(-c2nnc(CSCc3ccc(-c4ccccc4)cc3)o2)cc1. The number of rotatable bonds is 11. The highest BCUT2D eigenvalue weighted by Crippen LogP contribution is 2.25. The lowest BCUT2D eigenvalue weighted by atomic mass is 10.0. The molecule has 0 fully saturated rings. The van der Waals surface area contributed by atoms with Gasteiger partial charge < -0.3 is 14.1 Å². The molecule has 0 N–H and O–H groups in total. The molecule has 33 heavy (non-hydrogen) atoms. The Bertz CT molecular complexity index is 1110. The summed E-state index contributed by atoms with van der Waals surface area (Å²) >= 11 is 1.77. The Balaban J connectivity index is 1.24. The lowest BCUT2D eigenvalue weighted by Crippen LogP contribution is -2.15. The summed E-state index contributed by atoms with van der Waals surface area (Å²) in [6.07, 6.45) is 0.997. The molecule has 0 atom stereocenters. The molecule has 0 bridgehead atoms.